The smallest absolute Gasteiger partial charge is 0.311 e. The first kappa shape index (κ1) is 22.7. The highest BCUT2D eigenvalue weighted by molar-refractivity contribution is 5.95. The van der Waals surface area contributed by atoms with Gasteiger partial charge in [0.2, 0.25) is 0 Å². The second-order valence-electron chi connectivity index (χ2n) is 7.55. The molecule has 2 aromatic carbocycles. The van der Waals surface area contributed by atoms with Gasteiger partial charge in [-0.05, 0) is 31.5 Å². The number of nitrogens with zero attached hydrogens (tertiary/aromatic N) is 3. The van der Waals surface area contributed by atoms with Crippen molar-refractivity contribution in [2.75, 3.05) is 39.5 Å². The van der Waals surface area contributed by atoms with Crippen molar-refractivity contribution < 1.29 is 19.2 Å². The van der Waals surface area contributed by atoms with Crippen LogP contribution in [0.4, 0.5) is 5.69 Å². The molecule has 0 aliphatic carbocycles. The number of nitro groups is 1. The Bertz CT molecular complexity index is 884. The molecule has 0 radical (unpaired) electrons. The maximum Gasteiger partial charge on any atom is 0.311 e. The number of amides is 1. The largest absolute Gasteiger partial charge is 0.487 e. The molecule has 1 aliphatic heterocycles. The summed E-state index contributed by atoms with van der Waals surface area (Å²) in [5.41, 5.74) is 1.08. The number of morpholine rings is 1. The van der Waals surface area contributed by atoms with Gasteiger partial charge in [0.15, 0.2) is 5.75 Å². The predicted molar refractivity (Wildman–Crippen MR) is 117 cm³/mol. The van der Waals surface area contributed by atoms with Crippen molar-refractivity contribution in [2.45, 2.75) is 26.4 Å². The van der Waals surface area contributed by atoms with E-state index in [-0.39, 0.29) is 28.9 Å². The molecule has 1 unspecified atom stereocenters. The number of rotatable bonds is 9. The summed E-state index contributed by atoms with van der Waals surface area (Å²) in [7, 11) is 0. The molecule has 1 fully saturated rings. The third-order valence-corrected chi connectivity index (χ3v) is 5.32. The van der Waals surface area contributed by atoms with E-state index in [4.69, 9.17) is 9.47 Å². The molecule has 0 spiro atoms. The second kappa shape index (κ2) is 10.9. The van der Waals surface area contributed by atoms with Crippen LogP contribution in [0.15, 0.2) is 48.5 Å². The quantitative estimate of drug-likeness (QED) is 0.451. The lowest BCUT2D eigenvalue weighted by Gasteiger charge is -2.35. The minimum absolute atomic E-state index is 0.0866. The van der Waals surface area contributed by atoms with Crippen LogP contribution < -0.4 is 4.74 Å². The van der Waals surface area contributed by atoms with Gasteiger partial charge in [0.25, 0.3) is 5.91 Å². The molecule has 31 heavy (non-hydrogen) atoms. The lowest BCUT2D eigenvalue weighted by atomic mass is 10.1. The number of carbonyl (C=O) groups is 1. The molecule has 166 valence electrons. The van der Waals surface area contributed by atoms with Crippen LogP contribution in [0.3, 0.4) is 0 Å². The normalized spacial score (nSPS) is 15.3. The molecule has 1 saturated heterocycles. The third kappa shape index (κ3) is 6.02. The molecule has 1 atom stereocenters. The molecule has 0 saturated carbocycles. The zero-order chi connectivity index (χ0) is 22.2. The van der Waals surface area contributed by atoms with E-state index in [2.05, 4.69) is 4.90 Å². The topological polar surface area (TPSA) is 85.2 Å². The predicted octanol–water partition coefficient (Wildman–Crippen LogP) is 3.36. The fraction of sp³-hybridized carbons (Fsp3) is 0.435. The van der Waals surface area contributed by atoms with Crippen LogP contribution in [-0.2, 0) is 11.3 Å². The zero-order valence-electron chi connectivity index (χ0n) is 18.0. The Morgan fingerprint density at radius 2 is 1.94 bits per heavy atom. The maximum atomic E-state index is 13.5. The van der Waals surface area contributed by atoms with Gasteiger partial charge in [-0.25, -0.2) is 0 Å². The van der Waals surface area contributed by atoms with Gasteiger partial charge in [-0.15, -0.1) is 0 Å². The number of benzene rings is 2. The van der Waals surface area contributed by atoms with E-state index in [1.807, 2.05) is 37.3 Å². The van der Waals surface area contributed by atoms with Crippen LogP contribution in [0.25, 0.3) is 0 Å². The molecule has 3 rings (SSSR count). The van der Waals surface area contributed by atoms with Crippen molar-refractivity contribution in [1.29, 1.82) is 0 Å². The first-order valence-corrected chi connectivity index (χ1v) is 10.6. The van der Waals surface area contributed by atoms with Crippen molar-refractivity contribution in [3.8, 4) is 5.75 Å². The summed E-state index contributed by atoms with van der Waals surface area (Å²) in [6.07, 6.45) is 0. The monoisotopic (exact) mass is 427 g/mol. The van der Waals surface area contributed by atoms with E-state index in [0.29, 0.717) is 32.9 Å². The molecule has 0 bridgehead atoms. The zero-order valence-corrected chi connectivity index (χ0v) is 18.0. The van der Waals surface area contributed by atoms with Gasteiger partial charge in [0, 0.05) is 43.9 Å². The standard InChI is InChI=1S/C23H29N3O5/c1-3-31-22-10-9-20(15-21(22)26(28)29)23(27)25(17-19-7-5-4-6-8-19)18(2)16-24-11-13-30-14-12-24/h4-10,15,18H,3,11-14,16-17H2,1-2H3. The fourth-order valence-corrected chi connectivity index (χ4v) is 3.70. The van der Waals surface area contributed by atoms with E-state index < -0.39 is 4.92 Å². The summed E-state index contributed by atoms with van der Waals surface area (Å²) in [6.45, 7) is 8.24. The summed E-state index contributed by atoms with van der Waals surface area (Å²) in [6, 6.07) is 14.1. The Morgan fingerprint density at radius 1 is 1.23 bits per heavy atom. The van der Waals surface area contributed by atoms with Crippen molar-refractivity contribution in [1.82, 2.24) is 9.80 Å². The van der Waals surface area contributed by atoms with E-state index in [9.17, 15) is 14.9 Å². The highest BCUT2D eigenvalue weighted by Crippen LogP contribution is 2.29. The second-order valence-corrected chi connectivity index (χ2v) is 7.55. The number of carbonyl (C=O) groups excluding carboxylic acids is 1. The minimum Gasteiger partial charge on any atom is -0.487 e. The molecule has 1 aliphatic rings. The molecule has 0 N–H and O–H groups in total. The van der Waals surface area contributed by atoms with E-state index >= 15 is 0 Å². The number of ether oxygens (including phenoxy) is 2. The molecule has 1 amide bonds. The van der Waals surface area contributed by atoms with Crippen molar-refractivity contribution in [3.63, 3.8) is 0 Å². The average Bonchev–Trinajstić information content (AvgIpc) is 2.78. The van der Waals surface area contributed by atoms with Crippen molar-refractivity contribution in [2.24, 2.45) is 0 Å². The number of hydrogen-bond donors (Lipinski definition) is 0. The Labute approximate surface area is 182 Å². The van der Waals surface area contributed by atoms with Crippen LogP contribution in [0, 0.1) is 10.1 Å². The summed E-state index contributed by atoms with van der Waals surface area (Å²) in [5, 5.41) is 11.5. The Morgan fingerprint density at radius 3 is 2.58 bits per heavy atom. The van der Waals surface area contributed by atoms with Crippen molar-refractivity contribution in [3.05, 3.63) is 69.8 Å². The number of hydrogen-bond acceptors (Lipinski definition) is 6. The molecule has 0 aromatic heterocycles. The number of nitro benzene ring substituents is 1. The van der Waals surface area contributed by atoms with Gasteiger partial charge in [0.1, 0.15) is 0 Å². The highest BCUT2D eigenvalue weighted by Gasteiger charge is 2.27. The Balaban J connectivity index is 1.87. The lowest BCUT2D eigenvalue weighted by molar-refractivity contribution is -0.385. The average molecular weight is 428 g/mol. The molecule has 8 nitrogen and oxygen atoms in total. The van der Waals surface area contributed by atoms with Gasteiger partial charge in [0.05, 0.1) is 24.7 Å². The minimum atomic E-state index is -0.513. The summed E-state index contributed by atoms with van der Waals surface area (Å²) in [5.74, 6) is -0.0733. The van der Waals surface area contributed by atoms with E-state index in [1.54, 1.807) is 17.9 Å². The van der Waals surface area contributed by atoms with Crippen LogP contribution in [0.5, 0.6) is 5.75 Å². The first-order chi connectivity index (χ1) is 15.0. The Kier molecular flexibility index (Phi) is 7.97. The molecular formula is C23H29N3O5. The lowest BCUT2D eigenvalue weighted by Crippen LogP contribution is -2.48. The SMILES string of the molecule is CCOc1ccc(C(=O)N(Cc2ccccc2)C(C)CN2CCOCC2)cc1[N+](=O)[O-]. The summed E-state index contributed by atoms with van der Waals surface area (Å²) >= 11 is 0. The Hall–Kier alpha value is -2.97. The van der Waals surface area contributed by atoms with Gasteiger partial charge < -0.3 is 14.4 Å². The van der Waals surface area contributed by atoms with Gasteiger partial charge in [-0.2, -0.15) is 0 Å². The molecular weight excluding hydrogens is 398 g/mol. The first-order valence-electron chi connectivity index (χ1n) is 10.6. The van der Waals surface area contributed by atoms with Gasteiger partial charge in [-0.3, -0.25) is 19.8 Å². The summed E-state index contributed by atoms with van der Waals surface area (Å²) in [4.78, 5) is 28.6. The van der Waals surface area contributed by atoms with Gasteiger partial charge in [-0.1, -0.05) is 30.3 Å². The van der Waals surface area contributed by atoms with E-state index in [1.165, 1.54) is 12.1 Å². The van der Waals surface area contributed by atoms with Crippen LogP contribution in [-0.4, -0.2) is 66.1 Å². The fourth-order valence-electron chi connectivity index (χ4n) is 3.70. The molecule has 1 heterocycles. The third-order valence-electron chi connectivity index (χ3n) is 5.32. The van der Waals surface area contributed by atoms with E-state index in [0.717, 1.165) is 18.7 Å². The van der Waals surface area contributed by atoms with Gasteiger partial charge >= 0.3 is 5.69 Å². The van der Waals surface area contributed by atoms with Crippen LogP contribution in [0.1, 0.15) is 29.8 Å². The summed E-state index contributed by atoms with van der Waals surface area (Å²) < 4.78 is 10.8. The van der Waals surface area contributed by atoms with Crippen molar-refractivity contribution >= 4 is 11.6 Å². The van der Waals surface area contributed by atoms with Crippen LogP contribution in [0.2, 0.25) is 0 Å². The van der Waals surface area contributed by atoms with Crippen LogP contribution >= 0.6 is 0 Å². The maximum absolute atomic E-state index is 13.5. The highest BCUT2D eigenvalue weighted by atomic mass is 16.6. The molecule has 2 aromatic rings. The molecule has 8 heteroatoms.